The summed E-state index contributed by atoms with van der Waals surface area (Å²) in [5, 5.41) is 7.72. The fourth-order valence-electron chi connectivity index (χ4n) is 2.17. The van der Waals surface area contributed by atoms with E-state index in [1.807, 2.05) is 12.1 Å². The van der Waals surface area contributed by atoms with Gasteiger partial charge in [-0.2, -0.15) is 4.98 Å². The Morgan fingerprint density at radius 1 is 1.50 bits per heavy atom. The summed E-state index contributed by atoms with van der Waals surface area (Å²) in [7, 11) is 0. The van der Waals surface area contributed by atoms with E-state index < -0.39 is 0 Å². The van der Waals surface area contributed by atoms with E-state index in [9.17, 15) is 0 Å². The zero-order chi connectivity index (χ0) is 13.9. The van der Waals surface area contributed by atoms with Crippen molar-refractivity contribution < 1.29 is 4.74 Å². The molecule has 2 aromatic rings. The van der Waals surface area contributed by atoms with Crippen LogP contribution in [0.2, 0.25) is 5.02 Å². The van der Waals surface area contributed by atoms with Gasteiger partial charge in [0.1, 0.15) is 12.4 Å². The first-order chi connectivity index (χ1) is 9.70. The standard InChI is InChI=1S/C13H16ClN5O/c14-9-2-1-3-11(6-9)20-8-12-16-13(18-17-12)19-5-4-10(15)7-19/h1-3,6,10H,4-5,7-8,15H2,(H,16,17,18). The van der Waals surface area contributed by atoms with Crippen molar-refractivity contribution in [1.82, 2.24) is 15.2 Å². The van der Waals surface area contributed by atoms with Crippen LogP contribution in [0.1, 0.15) is 12.2 Å². The lowest BCUT2D eigenvalue weighted by molar-refractivity contribution is 0.296. The molecule has 0 saturated carbocycles. The Morgan fingerprint density at radius 3 is 3.15 bits per heavy atom. The van der Waals surface area contributed by atoms with Crippen LogP contribution in [0.5, 0.6) is 5.75 Å². The molecule has 1 aliphatic heterocycles. The average Bonchev–Trinajstić information content (AvgIpc) is 3.05. The number of nitrogens with two attached hydrogens (primary N) is 1. The second-order valence-corrected chi connectivity index (χ2v) is 5.26. The number of anilines is 1. The van der Waals surface area contributed by atoms with E-state index >= 15 is 0 Å². The molecule has 0 bridgehead atoms. The minimum atomic E-state index is 0.208. The van der Waals surface area contributed by atoms with Gasteiger partial charge >= 0.3 is 0 Å². The fraction of sp³-hybridized carbons (Fsp3) is 0.385. The Morgan fingerprint density at radius 2 is 2.40 bits per heavy atom. The fourth-order valence-corrected chi connectivity index (χ4v) is 2.35. The summed E-state index contributed by atoms with van der Waals surface area (Å²) >= 11 is 5.90. The minimum absolute atomic E-state index is 0.208. The molecule has 0 amide bonds. The van der Waals surface area contributed by atoms with Crippen LogP contribution in [-0.2, 0) is 6.61 Å². The molecular formula is C13H16ClN5O. The van der Waals surface area contributed by atoms with Crippen LogP contribution >= 0.6 is 11.6 Å². The summed E-state index contributed by atoms with van der Waals surface area (Å²) in [6.07, 6.45) is 0.975. The van der Waals surface area contributed by atoms with Gasteiger partial charge in [0, 0.05) is 24.2 Å². The average molecular weight is 294 g/mol. The van der Waals surface area contributed by atoms with Crippen LogP contribution in [0.4, 0.5) is 5.95 Å². The van der Waals surface area contributed by atoms with Crippen molar-refractivity contribution in [3.63, 3.8) is 0 Å². The lowest BCUT2D eigenvalue weighted by Gasteiger charge is -2.11. The highest BCUT2D eigenvalue weighted by Gasteiger charge is 2.22. The maximum atomic E-state index is 5.90. The largest absolute Gasteiger partial charge is 0.486 e. The molecule has 3 N–H and O–H groups in total. The summed E-state index contributed by atoms with van der Waals surface area (Å²) < 4.78 is 5.61. The number of hydrogen-bond acceptors (Lipinski definition) is 5. The molecule has 0 spiro atoms. The number of aromatic nitrogens is 3. The highest BCUT2D eigenvalue weighted by molar-refractivity contribution is 6.30. The first kappa shape index (κ1) is 13.2. The monoisotopic (exact) mass is 293 g/mol. The van der Waals surface area contributed by atoms with Gasteiger partial charge in [-0.15, -0.1) is 5.10 Å². The predicted octanol–water partition coefficient (Wildman–Crippen LogP) is 1.57. The van der Waals surface area contributed by atoms with E-state index in [1.54, 1.807) is 12.1 Å². The number of halogens is 1. The van der Waals surface area contributed by atoms with Gasteiger partial charge in [0.05, 0.1) is 0 Å². The van der Waals surface area contributed by atoms with Crippen LogP contribution < -0.4 is 15.4 Å². The third-order valence-corrected chi connectivity index (χ3v) is 3.43. The molecule has 1 unspecified atom stereocenters. The highest BCUT2D eigenvalue weighted by atomic mass is 35.5. The Bertz CT molecular complexity index is 588. The number of nitrogens with zero attached hydrogens (tertiary/aromatic N) is 3. The van der Waals surface area contributed by atoms with Gasteiger partial charge in [0.2, 0.25) is 5.95 Å². The molecule has 1 fully saturated rings. The molecule has 0 aliphatic carbocycles. The lowest BCUT2D eigenvalue weighted by Crippen LogP contribution is -2.27. The zero-order valence-corrected chi connectivity index (χ0v) is 11.7. The van der Waals surface area contributed by atoms with Crippen LogP contribution in [0.25, 0.3) is 0 Å². The van der Waals surface area contributed by atoms with Gasteiger partial charge in [-0.05, 0) is 24.6 Å². The molecule has 20 heavy (non-hydrogen) atoms. The van der Waals surface area contributed by atoms with Gasteiger partial charge in [-0.1, -0.05) is 17.7 Å². The number of H-pyrrole nitrogens is 1. The Kier molecular flexibility index (Phi) is 3.75. The van der Waals surface area contributed by atoms with Crippen molar-refractivity contribution in [1.29, 1.82) is 0 Å². The molecule has 2 heterocycles. The first-order valence-electron chi connectivity index (χ1n) is 6.51. The van der Waals surface area contributed by atoms with Crippen LogP contribution in [0.15, 0.2) is 24.3 Å². The van der Waals surface area contributed by atoms with Gasteiger partial charge in [-0.25, -0.2) is 0 Å². The quantitative estimate of drug-likeness (QED) is 0.894. The Labute approximate surface area is 121 Å². The normalized spacial score (nSPS) is 18.5. The summed E-state index contributed by atoms with van der Waals surface area (Å²) in [6, 6.07) is 7.47. The molecular weight excluding hydrogens is 278 g/mol. The van der Waals surface area contributed by atoms with E-state index in [2.05, 4.69) is 20.1 Å². The number of rotatable bonds is 4. The van der Waals surface area contributed by atoms with E-state index in [-0.39, 0.29) is 6.04 Å². The van der Waals surface area contributed by atoms with Crippen molar-refractivity contribution >= 4 is 17.5 Å². The van der Waals surface area contributed by atoms with Gasteiger partial charge in [0.25, 0.3) is 0 Å². The molecule has 106 valence electrons. The van der Waals surface area contributed by atoms with E-state index in [0.717, 1.165) is 19.5 Å². The Balaban J connectivity index is 1.60. The second kappa shape index (κ2) is 5.68. The summed E-state index contributed by atoms with van der Waals surface area (Å²) in [4.78, 5) is 6.48. The van der Waals surface area contributed by atoms with Crippen molar-refractivity contribution in [2.45, 2.75) is 19.1 Å². The summed E-state index contributed by atoms with van der Waals surface area (Å²) in [5.41, 5.74) is 5.87. The van der Waals surface area contributed by atoms with Gasteiger partial charge in [0.15, 0.2) is 5.82 Å². The number of nitrogens with one attached hydrogen (secondary N) is 1. The summed E-state index contributed by atoms with van der Waals surface area (Å²) in [5.74, 6) is 2.07. The van der Waals surface area contributed by atoms with E-state index in [4.69, 9.17) is 22.1 Å². The molecule has 7 heteroatoms. The highest BCUT2D eigenvalue weighted by Crippen LogP contribution is 2.19. The van der Waals surface area contributed by atoms with E-state index in [1.165, 1.54) is 0 Å². The molecule has 0 radical (unpaired) electrons. The molecule has 1 aromatic heterocycles. The van der Waals surface area contributed by atoms with Crippen molar-refractivity contribution in [2.24, 2.45) is 5.73 Å². The maximum Gasteiger partial charge on any atom is 0.244 e. The van der Waals surface area contributed by atoms with E-state index in [0.29, 0.717) is 29.2 Å². The number of aromatic amines is 1. The smallest absolute Gasteiger partial charge is 0.244 e. The third kappa shape index (κ3) is 3.02. The second-order valence-electron chi connectivity index (χ2n) is 4.82. The van der Waals surface area contributed by atoms with Crippen LogP contribution in [0.3, 0.4) is 0 Å². The topological polar surface area (TPSA) is 80.1 Å². The van der Waals surface area contributed by atoms with Crippen LogP contribution in [-0.4, -0.2) is 34.3 Å². The van der Waals surface area contributed by atoms with Gasteiger partial charge < -0.3 is 15.4 Å². The molecule has 1 atom stereocenters. The molecule has 1 aliphatic rings. The molecule has 3 rings (SSSR count). The first-order valence-corrected chi connectivity index (χ1v) is 6.88. The van der Waals surface area contributed by atoms with Crippen molar-refractivity contribution in [3.05, 3.63) is 35.1 Å². The summed E-state index contributed by atoms with van der Waals surface area (Å²) in [6.45, 7) is 2.02. The molecule has 6 nitrogen and oxygen atoms in total. The number of benzene rings is 1. The molecule has 1 aromatic carbocycles. The predicted molar refractivity (Wildman–Crippen MR) is 77.0 cm³/mol. The third-order valence-electron chi connectivity index (χ3n) is 3.20. The number of ether oxygens (including phenoxy) is 1. The SMILES string of the molecule is NC1CCN(c2n[nH]c(COc3cccc(Cl)c3)n2)C1. The molecule has 1 saturated heterocycles. The Hall–Kier alpha value is -1.79. The maximum absolute atomic E-state index is 5.90. The van der Waals surface area contributed by atoms with Gasteiger partial charge in [-0.3, -0.25) is 5.10 Å². The zero-order valence-electron chi connectivity index (χ0n) is 10.9. The van der Waals surface area contributed by atoms with Crippen molar-refractivity contribution in [2.75, 3.05) is 18.0 Å². The number of hydrogen-bond donors (Lipinski definition) is 2. The minimum Gasteiger partial charge on any atom is -0.486 e. The van der Waals surface area contributed by atoms with Crippen molar-refractivity contribution in [3.8, 4) is 5.75 Å². The van der Waals surface area contributed by atoms with Crippen LogP contribution in [0, 0.1) is 0 Å². The lowest BCUT2D eigenvalue weighted by atomic mass is 10.3.